The van der Waals surface area contributed by atoms with Gasteiger partial charge in [-0.25, -0.2) is 9.59 Å². The molecule has 2 aromatic rings. The quantitative estimate of drug-likeness (QED) is 0.335. The Bertz CT molecular complexity index is 975. The fourth-order valence-electron chi connectivity index (χ4n) is 3.25. The maximum atomic E-state index is 12.6. The lowest BCUT2D eigenvalue weighted by molar-refractivity contribution is -0.147. The van der Waals surface area contributed by atoms with Crippen molar-refractivity contribution >= 4 is 56.7 Å². The number of rotatable bonds is 7. The van der Waals surface area contributed by atoms with Gasteiger partial charge in [-0.2, -0.15) is 0 Å². The van der Waals surface area contributed by atoms with Gasteiger partial charge in [0.15, 0.2) is 5.15 Å². The van der Waals surface area contributed by atoms with Crippen LogP contribution < -0.4 is 0 Å². The summed E-state index contributed by atoms with van der Waals surface area (Å²) in [5.74, 6) is -1.48. The molecule has 0 radical (unpaired) electrons. The second-order valence-electron chi connectivity index (χ2n) is 6.63. The molecular weight excluding hydrogens is 481 g/mol. The summed E-state index contributed by atoms with van der Waals surface area (Å²) >= 11 is 12.1. The zero-order valence-electron chi connectivity index (χ0n) is 16.4. The fourth-order valence-corrected chi connectivity index (χ4v) is 6.04. The van der Waals surface area contributed by atoms with E-state index in [-0.39, 0.29) is 5.25 Å². The summed E-state index contributed by atoms with van der Waals surface area (Å²) in [6.07, 6.45) is 1.84. The number of carboxylic acids is 1. The van der Waals surface area contributed by atoms with E-state index in [1.165, 1.54) is 34.8 Å². The lowest BCUT2D eigenvalue weighted by Gasteiger charge is -2.37. The van der Waals surface area contributed by atoms with Gasteiger partial charge in [-0.1, -0.05) is 52.2 Å². The van der Waals surface area contributed by atoms with Crippen LogP contribution in [-0.4, -0.2) is 57.6 Å². The zero-order chi connectivity index (χ0) is 22.4. The van der Waals surface area contributed by atoms with E-state index in [2.05, 4.69) is 10.2 Å². The molecule has 1 aromatic carbocycles. The van der Waals surface area contributed by atoms with Crippen LogP contribution in [0.2, 0.25) is 10.2 Å². The molecule has 164 valence electrons. The summed E-state index contributed by atoms with van der Waals surface area (Å²) in [4.78, 5) is 26.0. The Labute approximate surface area is 197 Å². The summed E-state index contributed by atoms with van der Waals surface area (Å²) in [5.41, 5.74) is 1.32. The second kappa shape index (κ2) is 11.2. The summed E-state index contributed by atoms with van der Waals surface area (Å²) < 4.78 is 5.02. The molecule has 11 heteroatoms. The van der Waals surface area contributed by atoms with Crippen LogP contribution in [0.25, 0.3) is 0 Å². The number of hydrogen-bond acceptors (Lipinski definition) is 8. The van der Waals surface area contributed by atoms with Crippen molar-refractivity contribution in [2.75, 3.05) is 20.2 Å². The third-order valence-electron chi connectivity index (χ3n) is 4.63. The number of hydrogen-bond donors (Lipinski definition) is 1. The summed E-state index contributed by atoms with van der Waals surface area (Å²) in [6.45, 7) is 0.855. The Morgan fingerprint density at radius 2 is 2.03 bits per heavy atom. The van der Waals surface area contributed by atoms with Crippen molar-refractivity contribution in [3.8, 4) is 0 Å². The molecule has 0 amide bonds. The molecule has 0 bridgehead atoms. The van der Waals surface area contributed by atoms with Gasteiger partial charge in [-0.3, -0.25) is 4.90 Å². The van der Waals surface area contributed by atoms with Gasteiger partial charge < -0.3 is 9.84 Å². The first-order valence-electron chi connectivity index (χ1n) is 9.21. The van der Waals surface area contributed by atoms with Crippen LogP contribution >= 0.6 is 44.8 Å². The molecular formula is C20H19Cl2N3O4S2. The Kier molecular flexibility index (Phi) is 8.62. The van der Waals surface area contributed by atoms with E-state index in [4.69, 9.17) is 27.9 Å². The van der Waals surface area contributed by atoms with E-state index in [9.17, 15) is 14.7 Å². The number of halogens is 2. The van der Waals surface area contributed by atoms with Gasteiger partial charge in [-0.15, -0.1) is 10.2 Å². The molecule has 3 rings (SSSR count). The van der Waals surface area contributed by atoms with Gasteiger partial charge in [0.25, 0.3) is 0 Å². The highest BCUT2D eigenvalue weighted by atomic mass is 35.5. The van der Waals surface area contributed by atoms with Gasteiger partial charge in [0.1, 0.15) is 11.1 Å². The van der Waals surface area contributed by atoms with Crippen LogP contribution in [0.1, 0.15) is 18.0 Å². The topological polar surface area (TPSA) is 92.6 Å². The summed E-state index contributed by atoms with van der Waals surface area (Å²) in [5, 5.41) is 18.6. The van der Waals surface area contributed by atoms with E-state index in [1.54, 1.807) is 36.4 Å². The van der Waals surface area contributed by atoms with Gasteiger partial charge >= 0.3 is 11.9 Å². The normalized spacial score (nSPS) is 19.2. The molecule has 0 spiro atoms. The van der Waals surface area contributed by atoms with Crippen LogP contribution in [-0.2, 0) is 14.3 Å². The number of aliphatic carboxylic acids is 1. The first-order valence-corrected chi connectivity index (χ1v) is 12.2. The molecule has 1 aliphatic rings. The Hall–Kier alpha value is -1.78. The van der Waals surface area contributed by atoms with E-state index in [0.717, 1.165) is 0 Å². The number of piperidine rings is 1. The Morgan fingerprint density at radius 3 is 2.68 bits per heavy atom. The zero-order valence-corrected chi connectivity index (χ0v) is 19.5. The van der Waals surface area contributed by atoms with Crippen molar-refractivity contribution in [1.29, 1.82) is 0 Å². The number of methoxy groups -OCH3 is 1. The molecule has 2 atom stereocenters. The van der Waals surface area contributed by atoms with Crippen LogP contribution in [0.15, 0.2) is 53.1 Å². The largest absolute Gasteiger partial charge is 0.478 e. The molecule has 1 saturated heterocycles. The highest BCUT2D eigenvalue weighted by molar-refractivity contribution is 8.77. The molecule has 0 aliphatic carbocycles. The number of likely N-dealkylation sites (tertiary alicyclic amines) is 1. The van der Waals surface area contributed by atoms with Crippen LogP contribution in [0.4, 0.5) is 0 Å². The smallest absolute Gasteiger partial charge is 0.328 e. The van der Waals surface area contributed by atoms with Gasteiger partial charge in [0.2, 0.25) is 0 Å². The fraction of sp³-hybridized carbons (Fsp3) is 0.300. The molecule has 7 nitrogen and oxygen atoms in total. The monoisotopic (exact) mass is 499 g/mol. The van der Waals surface area contributed by atoms with E-state index >= 15 is 0 Å². The number of ether oxygens (including phenoxy) is 1. The Morgan fingerprint density at radius 1 is 1.26 bits per heavy atom. The number of esters is 1. The second-order valence-corrected chi connectivity index (χ2v) is 9.84. The van der Waals surface area contributed by atoms with Crippen molar-refractivity contribution in [3.05, 3.63) is 63.8 Å². The van der Waals surface area contributed by atoms with Gasteiger partial charge in [0.05, 0.1) is 7.11 Å². The van der Waals surface area contributed by atoms with E-state index in [1.807, 2.05) is 4.90 Å². The van der Waals surface area contributed by atoms with Gasteiger partial charge in [-0.05, 0) is 46.6 Å². The van der Waals surface area contributed by atoms with Crippen molar-refractivity contribution < 1.29 is 19.4 Å². The Balaban J connectivity index is 1.80. The molecule has 2 unspecified atom stereocenters. The van der Waals surface area contributed by atoms with Crippen molar-refractivity contribution in [2.24, 2.45) is 0 Å². The maximum Gasteiger partial charge on any atom is 0.328 e. The minimum atomic E-state index is -1.04. The molecule has 2 heterocycles. The van der Waals surface area contributed by atoms with Gasteiger partial charge in [0, 0.05) is 29.4 Å². The average molecular weight is 500 g/mol. The molecule has 0 saturated carbocycles. The molecule has 1 N–H and O–H groups in total. The highest BCUT2D eigenvalue weighted by Crippen LogP contribution is 2.41. The average Bonchev–Trinajstić information content (AvgIpc) is 2.75. The van der Waals surface area contributed by atoms with Crippen molar-refractivity contribution in [3.63, 3.8) is 0 Å². The molecule has 1 aliphatic heterocycles. The van der Waals surface area contributed by atoms with E-state index in [0.29, 0.717) is 45.8 Å². The number of carbonyl (C=O) groups is 2. The third-order valence-corrected chi connectivity index (χ3v) is 7.93. The van der Waals surface area contributed by atoms with Crippen molar-refractivity contribution in [2.45, 2.75) is 22.7 Å². The minimum Gasteiger partial charge on any atom is -0.478 e. The number of carbonyl (C=O) groups excluding carboxylic acids is 1. The molecule has 31 heavy (non-hydrogen) atoms. The molecule has 1 fully saturated rings. The standard InChI is InChI=1S/C20H19Cl2N3O4S2/c1-29-20(28)19(13-4-2-3-5-14(13)21)25-9-8-15(12(11-25)10-18(26)27)30-31-17-7-6-16(22)23-24-17/h2-7,10,15,19H,8-9,11H2,1H3,(H,26,27). The van der Waals surface area contributed by atoms with Crippen molar-refractivity contribution in [1.82, 2.24) is 15.1 Å². The summed E-state index contributed by atoms with van der Waals surface area (Å²) in [6, 6.07) is 9.77. The minimum absolute atomic E-state index is 0.0700. The predicted octanol–water partition coefficient (Wildman–Crippen LogP) is 4.52. The maximum absolute atomic E-state index is 12.6. The van der Waals surface area contributed by atoms with Crippen LogP contribution in [0.3, 0.4) is 0 Å². The first-order chi connectivity index (χ1) is 14.9. The lowest BCUT2D eigenvalue weighted by atomic mass is 9.98. The third kappa shape index (κ3) is 6.36. The van der Waals surface area contributed by atoms with E-state index < -0.39 is 18.0 Å². The van der Waals surface area contributed by atoms with Crippen LogP contribution in [0, 0.1) is 0 Å². The lowest BCUT2D eigenvalue weighted by Crippen LogP contribution is -2.42. The SMILES string of the molecule is COC(=O)C(c1ccccc1Cl)N1CCC(SSc2ccc(Cl)nn2)C(=CC(=O)O)C1. The number of carboxylic acid groups (broad SMARTS) is 1. The first kappa shape index (κ1) is 23.9. The van der Waals surface area contributed by atoms with Crippen LogP contribution in [0.5, 0.6) is 0 Å². The highest BCUT2D eigenvalue weighted by Gasteiger charge is 2.35. The number of aromatic nitrogens is 2. The number of benzene rings is 1. The number of nitrogens with zero attached hydrogens (tertiary/aromatic N) is 3. The molecule has 1 aromatic heterocycles. The predicted molar refractivity (Wildman–Crippen MR) is 122 cm³/mol. The summed E-state index contributed by atoms with van der Waals surface area (Å²) in [7, 11) is 4.23.